The monoisotopic (exact) mass is 338 g/mol. The summed E-state index contributed by atoms with van der Waals surface area (Å²) in [6.07, 6.45) is -3.16. The van der Waals surface area contributed by atoms with Gasteiger partial charge in [0, 0.05) is 23.6 Å². The van der Waals surface area contributed by atoms with Gasteiger partial charge in [0.15, 0.2) is 0 Å². The number of nitro groups is 1. The van der Waals surface area contributed by atoms with Gasteiger partial charge < -0.3 is 4.90 Å². The van der Waals surface area contributed by atoms with Crippen molar-refractivity contribution in [3.63, 3.8) is 0 Å². The molecule has 1 saturated heterocycles. The minimum Gasteiger partial charge on any atom is -0.365 e. The number of hydrogen-bond donors (Lipinski definition) is 0. The lowest BCUT2D eigenvalue weighted by molar-refractivity contribution is -0.384. The van der Waals surface area contributed by atoms with Gasteiger partial charge in [-0.1, -0.05) is 15.9 Å². The molecule has 0 N–H and O–H groups in total. The molecular weight excluding hydrogens is 329 g/mol. The molecule has 1 aromatic rings. The highest BCUT2D eigenvalue weighted by molar-refractivity contribution is 9.10. The second kappa shape index (κ2) is 4.99. The molecule has 0 aromatic heterocycles. The maximum absolute atomic E-state index is 13.1. The van der Waals surface area contributed by atoms with Gasteiger partial charge in [-0.05, 0) is 18.9 Å². The molecule has 1 aliphatic rings. The van der Waals surface area contributed by atoms with Crippen LogP contribution in [0.2, 0.25) is 0 Å². The molecule has 0 atom stereocenters. The molecule has 19 heavy (non-hydrogen) atoms. The second-order valence-corrected chi connectivity index (χ2v) is 5.09. The van der Waals surface area contributed by atoms with E-state index >= 15 is 0 Å². The van der Waals surface area contributed by atoms with Crippen LogP contribution < -0.4 is 4.90 Å². The molecular formula is C11H10BrF3N2O2. The Bertz CT molecular complexity index is 513. The third-order valence-corrected chi connectivity index (χ3v) is 3.67. The van der Waals surface area contributed by atoms with Crippen molar-refractivity contribution in [1.82, 2.24) is 0 Å². The SMILES string of the molecule is O=[N+]([O-])c1ccc(Br)c(C(F)(F)F)c1N1CCCC1. The van der Waals surface area contributed by atoms with E-state index in [1.165, 1.54) is 4.90 Å². The normalized spacial score (nSPS) is 15.9. The van der Waals surface area contributed by atoms with Crippen molar-refractivity contribution in [3.8, 4) is 0 Å². The Morgan fingerprint density at radius 3 is 2.32 bits per heavy atom. The molecule has 2 rings (SSSR count). The molecule has 1 aliphatic heterocycles. The second-order valence-electron chi connectivity index (χ2n) is 4.24. The van der Waals surface area contributed by atoms with E-state index in [9.17, 15) is 23.3 Å². The van der Waals surface area contributed by atoms with E-state index in [-0.39, 0.29) is 10.2 Å². The van der Waals surface area contributed by atoms with Crippen LogP contribution in [0, 0.1) is 10.1 Å². The van der Waals surface area contributed by atoms with E-state index in [1.54, 1.807) is 0 Å². The molecule has 1 fully saturated rings. The maximum atomic E-state index is 13.1. The number of nitrogens with zero attached hydrogens (tertiary/aromatic N) is 2. The predicted octanol–water partition coefficient (Wildman–Crippen LogP) is 3.98. The summed E-state index contributed by atoms with van der Waals surface area (Å²) >= 11 is 2.84. The van der Waals surface area contributed by atoms with Crippen molar-refractivity contribution < 1.29 is 18.1 Å². The van der Waals surface area contributed by atoms with Crippen LogP contribution >= 0.6 is 15.9 Å². The van der Waals surface area contributed by atoms with Crippen molar-refractivity contribution in [1.29, 1.82) is 0 Å². The average Bonchev–Trinajstić information content (AvgIpc) is 2.79. The quantitative estimate of drug-likeness (QED) is 0.605. The Balaban J connectivity index is 2.69. The summed E-state index contributed by atoms with van der Waals surface area (Å²) in [5.74, 6) is 0. The molecule has 104 valence electrons. The number of anilines is 1. The number of alkyl halides is 3. The van der Waals surface area contributed by atoms with Gasteiger partial charge in [0.05, 0.1) is 4.92 Å². The number of halogens is 4. The lowest BCUT2D eigenvalue weighted by Crippen LogP contribution is -2.23. The largest absolute Gasteiger partial charge is 0.419 e. The van der Waals surface area contributed by atoms with Crippen molar-refractivity contribution in [2.45, 2.75) is 19.0 Å². The summed E-state index contributed by atoms with van der Waals surface area (Å²) in [4.78, 5) is 11.6. The molecule has 0 amide bonds. The van der Waals surface area contributed by atoms with Gasteiger partial charge in [0.2, 0.25) is 0 Å². The molecule has 1 heterocycles. The van der Waals surface area contributed by atoms with Crippen molar-refractivity contribution in [2.24, 2.45) is 0 Å². The van der Waals surface area contributed by atoms with E-state index < -0.39 is 22.4 Å². The molecule has 8 heteroatoms. The summed E-state index contributed by atoms with van der Waals surface area (Å²) < 4.78 is 39.2. The Morgan fingerprint density at radius 2 is 1.84 bits per heavy atom. The highest BCUT2D eigenvalue weighted by Gasteiger charge is 2.41. The molecule has 0 bridgehead atoms. The lowest BCUT2D eigenvalue weighted by Gasteiger charge is -2.23. The van der Waals surface area contributed by atoms with Gasteiger partial charge >= 0.3 is 6.18 Å². The molecule has 0 unspecified atom stereocenters. The van der Waals surface area contributed by atoms with E-state index in [2.05, 4.69) is 15.9 Å². The smallest absolute Gasteiger partial charge is 0.365 e. The fraction of sp³-hybridized carbons (Fsp3) is 0.455. The zero-order chi connectivity index (χ0) is 14.2. The first-order valence-electron chi connectivity index (χ1n) is 5.61. The average molecular weight is 339 g/mol. The third-order valence-electron chi connectivity index (χ3n) is 3.01. The summed E-state index contributed by atoms with van der Waals surface area (Å²) in [5.41, 5.74) is -1.80. The summed E-state index contributed by atoms with van der Waals surface area (Å²) in [6.45, 7) is 0.806. The van der Waals surface area contributed by atoms with Crippen molar-refractivity contribution in [3.05, 3.63) is 32.3 Å². The number of rotatable bonds is 2. The standard InChI is InChI=1S/C11H10BrF3N2O2/c12-7-3-4-8(17(18)19)10(9(7)11(13,14)15)16-5-1-2-6-16/h3-4H,1-2,5-6H2. The van der Waals surface area contributed by atoms with Crippen LogP contribution in [0.4, 0.5) is 24.5 Å². The molecule has 4 nitrogen and oxygen atoms in total. The molecule has 0 aliphatic carbocycles. The van der Waals surface area contributed by atoms with Gasteiger partial charge in [0.25, 0.3) is 5.69 Å². The van der Waals surface area contributed by atoms with E-state index in [4.69, 9.17) is 0 Å². The van der Waals surface area contributed by atoms with Crippen LogP contribution in [-0.2, 0) is 6.18 Å². The Kier molecular flexibility index (Phi) is 3.71. The van der Waals surface area contributed by atoms with Gasteiger partial charge in [-0.15, -0.1) is 0 Å². The topological polar surface area (TPSA) is 46.4 Å². The fourth-order valence-electron chi connectivity index (χ4n) is 2.23. The van der Waals surface area contributed by atoms with Crippen LogP contribution in [0.25, 0.3) is 0 Å². The zero-order valence-electron chi connectivity index (χ0n) is 9.71. The first-order chi connectivity index (χ1) is 8.82. The number of hydrogen-bond acceptors (Lipinski definition) is 3. The minimum atomic E-state index is -4.64. The van der Waals surface area contributed by atoms with Crippen LogP contribution in [0.1, 0.15) is 18.4 Å². The predicted molar refractivity (Wildman–Crippen MR) is 67.2 cm³/mol. The van der Waals surface area contributed by atoms with Crippen molar-refractivity contribution in [2.75, 3.05) is 18.0 Å². The molecule has 0 radical (unpaired) electrons. The van der Waals surface area contributed by atoms with Crippen molar-refractivity contribution >= 4 is 27.3 Å². The molecule has 0 saturated carbocycles. The summed E-state index contributed by atoms with van der Waals surface area (Å²) in [7, 11) is 0. The van der Waals surface area contributed by atoms with Gasteiger partial charge in [-0.3, -0.25) is 10.1 Å². The lowest BCUT2D eigenvalue weighted by atomic mass is 10.1. The number of benzene rings is 1. The van der Waals surface area contributed by atoms with E-state index in [0.29, 0.717) is 13.1 Å². The highest BCUT2D eigenvalue weighted by Crippen LogP contribution is 2.46. The number of nitro benzene ring substituents is 1. The third kappa shape index (κ3) is 2.68. The zero-order valence-corrected chi connectivity index (χ0v) is 11.3. The van der Waals surface area contributed by atoms with E-state index in [0.717, 1.165) is 25.0 Å². The molecule has 0 spiro atoms. The van der Waals surface area contributed by atoms with Crippen LogP contribution in [-0.4, -0.2) is 18.0 Å². The fourth-order valence-corrected chi connectivity index (χ4v) is 2.78. The maximum Gasteiger partial charge on any atom is 0.419 e. The van der Waals surface area contributed by atoms with Gasteiger partial charge in [0.1, 0.15) is 11.3 Å². The van der Waals surface area contributed by atoms with Gasteiger partial charge in [-0.2, -0.15) is 13.2 Å². The minimum absolute atomic E-state index is 0.174. The summed E-state index contributed by atoms with van der Waals surface area (Å²) in [6, 6.07) is 2.17. The van der Waals surface area contributed by atoms with Gasteiger partial charge in [-0.25, -0.2) is 0 Å². The summed E-state index contributed by atoms with van der Waals surface area (Å²) in [5, 5.41) is 11.0. The molecule has 1 aromatic carbocycles. The van der Waals surface area contributed by atoms with Crippen LogP contribution in [0.5, 0.6) is 0 Å². The van der Waals surface area contributed by atoms with E-state index in [1.807, 2.05) is 0 Å². The first-order valence-corrected chi connectivity index (χ1v) is 6.40. The first kappa shape index (κ1) is 14.1. The Morgan fingerprint density at radius 1 is 1.26 bits per heavy atom. The van der Waals surface area contributed by atoms with Crippen LogP contribution in [0.15, 0.2) is 16.6 Å². The Hall–Kier alpha value is -1.31. The highest BCUT2D eigenvalue weighted by atomic mass is 79.9. The van der Waals surface area contributed by atoms with Crippen LogP contribution in [0.3, 0.4) is 0 Å². The Labute approximate surface area is 115 Å².